The average Bonchev–Trinajstić information content (AvgIpc) is 2.60. The van der Waals surface area contributed by atoms with Crippen LogP contribution in [0.4, 0.5) is 20.2 Å². The molecule has 6 nitrogen and oxygen atoms in total. The fourth-order valence-electron chi connectivity index (χ4n) is 2.79. The lowest BCUT2D eigenvalue weighted by Gasteiger charge is -2.14. The number of halogens is 2. The van der Waals surface area contributed by atoms with Crippen LogP contribution in [-0.2, 0) is 13.6 Å². The zero-order chi connectivity index (χ0) is 19.0. The highest BCUT2D eigenvalue weighted by Gasteiger charge is 2.21. The van der Waals surface area contributed by atoms with Crippen LogP contribution >= 0.6 is 0 Å². The number of nitrogens with zero attached hydrogens (tertiary/aromatic N) is 3. The summed E-state index contributed by atoms with van der Waals surface area (Å²) in [4.78, 5) is 29.1. The van der Waals surface area contributed by atoms with Crippen molar-refractivity contribution in [2.75, 3.05) is 5.32 Å². The van der Waals surface area contributed by atoms with Gasteiger partial charge in [-0.3, -0.25) is 18.7 Å². The zero-order valence-corrected chi connectivity index (χ0v) is 14.6. The quantitative estimate of drug-likeness (QED) is 0.777. The van der Waals surface area contributed by atoms with E-state index in [1.54, 1.807) is 13.0 Å². The largest absolute Gasteiger partial charge is 0.350 e. The number of fused-ring (bicyclic) bond motifs is 1. The number of pyridine rings is 1. The van der Waals surface area contributed by atoms with Gasteiger partial charge in [-0.2, -0.15) is 4.39 Å². The van der Waals surface area contributed by atoms with Crippen LogP contribution in [0, 0.1) is 18.6 Å². The van der Waals surface area contributed by atoms with Crippen molar-refractivity contribution in [3.63, 3.8) is 0 Å². The van der Waals surface area contributed by atoms with Crippen molar-refractivity contribution in [2.24, 2.45) is 7.05 Å². The van der Waals surface area contributed by atoms with E-state index in [1.165, 1.54) is 30.1 Å². The minimum atomic E-state index is -1.16. The van der Waals surface area contributed by atoms with Crippen LogP contribution in [0.25, 0.3) is 11.0 Å². The lowest BCUT2D eigenvalue weighted by molar-refractivity contribution is 0.595. The van der Waals surface area contributed by atoms with Gasteiger partial charge < -0.3 is 5.32 Å². The fourth-order valence-corrected chi connectivity index (χ4v) is 2.79. The molecule has 3 rings (SSSR count). The van der Waals surface area contributed by atoms with Crippen LogP contribution in [0.2, 0.25) is 0 Å². The van der Waals surface area contributed by atoms with Gasteiger partial charge in [0.05, 0.1) is 17.7 Å². The smallest absolute Gasteiger partial charge is 0.290 e. The van der Waals surface area contributed by atoms with Crippen LogP contribution in [0.5, 0.6) is 0 Å². The van der Waals surface area contributed by atoms with Crippen LogP contribution in [0.1, 0.15) is 18.9 Å². The molecule has 0 radical (unpaired) electrons. The monoisotopic (exact) mass is 360 g/mol. The number of rotatable bonds is 4. The molecule has 0 bridgehead atoms. The lowest BCUT2D eigenvalue weighted by atomic mass is 10.2. The van der Waals surface area contributed by atoms with Gasteiger partial charge in [0.2, 0.25) is 5.82 Å². The highest BCUT2D eigenvalue weighted by atomic mass is 19.1. The first-order valence-corrected chi connectivity index (χ1v) is 8.16. The molecule has 0 unspecified atom stereocenters. The number of hydrogen-bond donors (Lipinski definition) is 1. The number of aryl methyl sites for hydroxylation is 3. The molecule has 0 saturated carbocycles. The average molecular weight is 360 g/mol. The summed E-state index contributed by atoms with van der Waals surface area (Å²) >= 11 is 0. The summed E-state index contributed by atoms with van der Waals surface area (Å²) in [5.74, 6) is -1.77. The first kappa shape index (κ1) is 17.8. The number of anilines is 2. The van der Waals surface area contributed by atoms with Gasteiger partial charge in [-0.1, -0.05) is 13.0 Å². The maximum Gasteiger partial charge on any atom is 0.290 e. The summed E-state index contributed by atoms with van der Waals surface area (Å²) in [6.07, 6.45) is 2.00. The molecule has 8 heteroatoms. The normalized spacial score (nSPS) is 11.1. The molecule has 0 spiro atoms. The molecule has 3 aromatic rings. The van der Waals surface area contributed by atoms with Crippen molar-refractivity contribution in [3.8, 4) is 0 Å². The van der Waals surface area contributed by atoms with Crippen LogP contribution < -0.4 is 16.4 Å². The Hall–Kier alpha value is -3.03. The van der Waals surface area contributed by atoms with Gasteiger partial charge in [0, 0.05) is 13.6 Å². The molecular weight excluding hydrogens is 342 g/mol. The first-order valence-electron chi connectivity index (χ1n) is 8.16. The van der Waals surface area contributed by atoms with E-state index < -0.39 is 22.8 Å². The van der Waals surface area contributed by atoms with Crippen LogP contribution in [0.15, 0.2) is 34.1 Å². The minimum Gasteiger partial charge on any atom is -0.350 e. The van der Waals surface area contributed by atoms with Crippen molar-refractivity contribution in [3.05, 3.63) is 62.4 Å². The lowest BCUT2D eigenvalue weighted by Crippen LogP contribution is -2.29. The van der Waals surface area contributed by atoms with Crippen molar-refractivity contribution < 1.29 is 8.78 Å². The van der Waals surface area contributed by atoms with E-state index in [2.05, 4.69) is 10.3 Å². The Labute approximate surface area is 147 Å². The van der Waals surface area contributed by atoms with Gasteiger partial charge >= 0.3 is 0 Å². The van der Waals surface area contributed by atoms with Crippen LogP contribution in [0.3, 0.4) is 0 Å². The summed E-state index contributed by atoms with van der Waals surface area (Å²) < 4.78 is 31.2. The predicted molar refractivity (Wildman–Crippen MR) is 95.9 cm³/mol. The molecule has 0 aliphatic carbocycles. The van der Waals surface area contributed by atoms with E-state index >= 15 is 0 Å². The summed E-state index contributed by atoms with van der Waals surface area (Å²) in [5, 5.41) is 2.48. The molecule has 0 saturated heterocycles. The second-order valence-electron chi connectivity index (χ2n) is 6.10. The van der Waals surface area contributed by atoms with Gasteiger partial charge in [-0.25, -0.2) is 9.37 Å². The third-order valence-electron chi connectivity index (χ3n) is 4.15. The molecule has 0 aliphatic rings. The molecule has 26 heavy (non-hydrogen) atoms. The Morgan fingerprint density at radius 3 is 2.58 bits per heavy atom. The Kier molecular flexibility index (Phi) is 4.58. The van der Waals surface area contributed by atoms with E-state index in [0.29, 0.717) is 18.5 Å². The molecule has 2 heterocycles. The van der Waals surface area contributed by atoms with Crippen molar-refractivity contribution >= 4 is 22.4 Å². The second-order valence-corrected chi connectivity index (χ2v) is 6.10. The highest BCUT2D eigenvalue weighted by Crippen LogP contribution is 2.26. The molecule has 0 atom stereocenters. The van der Waals surface area contributed by atoms with Crippen LogP contribution in [-0.4, -0.2) is 14.1 Å². The molecule has 0 amide bonds. The summed E-state index contributed by atoms with van der Waals surface area (Å²) in [7, 11) is 1.33. The van der Waals surface area contributed by atoms with Gasteiger partial charge in [-0.15, -0.1) is 0 Å². The molecule has 0 fully saturated rings. The Bertz CT molecular complexity index is 1120. The Morgan fingerprint density at radius 2 is 1.92 bits per heavy atom. The predicted octanol–water partition coefficient (Wildman–Crippen LogP) is 2.84. The van der Waals surface area contributed by atoms with E-state index in [1.807, 2.05) is 6.92 Å². The molecule has 2 aromatic heterocycles. The molecule has 1 N–H and O–H groups in total. The van der Waals surface area contributed by atoms with Gasteiger partial charge in [0.15, 0.2) is 5.65 Å². The maximum atomic E-state index is 14.7. The van der Waals surface area contributed by atoms with E-state index in [0.717, 1.165) is 4.57 Å². The molecule has 0 aliphatic heterocycles. The zero-order valence-electron chi connectivity index (χ0n) is 14.6. The maximum absolute atomic E-state index is 14.7. The molecule has 136 valence electrons. The topological polar surface area (TPSA) is 68.9 Å². The number of aromatic nitrogens is 3. The summed E-state index contributed by atoms with van der Waals surface area (Å²) in [6, 6.07) is 4.34. The molecular formula is C18H18F2N4O2. The standard InChI is InChI=1S/C18H18F2N4O2/c1-4-7-24-9-21-16-13(17(24)25)15(14(20)18(26)23(16)3)22-12-6-5-10(2)8-11(12)19/h5-6,8-9,22H,4,7H2,1-3H3. The van der Waals surface area contributed by atoms with Gasteiger partial charge in [0.1, 0.15) is 11.2 Å². The Balaban J connectivity index is 2.34. The van der Waals surface area contributed by atoms with E-state index in [4.69, 9.17) is 0 Å². The molecule has 1 aromatic carbocycles. The number of benzene rings is 1. The third kappa shape index (κ3) is 2.87. The SMILES string of the molecule is CCCn1cnc2c(c(Nc3ccc(C)cc3F)c(F)c(=O)n2C)c1=O. The number of hydrogen-bond acceptors (Lipinski definition) is 4. The van der Waals surface area contributed by atoms with Crippen molar-refractivity contribution in [1.82, 2.24) is 14.1 Å². The summed E-state index contributed by atoms with van der Waals surface area (Å²) in [6.45, 7) is 4.00. The second kappa shape index (κ2) is 6.70. The first-order chi connectivity index (χ1) is 12.3. The summed E-state index contributed by atoms with van der Waals surface area (Å²) in [5.41, 5.74) is -1.13. The van der Waals surface area contributed by atoms with E-state index in [9.17, 15) is 18.4 Å². The number of nitrogens with one attached hydrogen (secondary N) is 1. The van der Waals surface area contributed by atoms with Crippen molar-refractivity contribution in [1.29, 1.82) is 0 Å². The Morgan fingerprint density at radius 1 is 1.19 bits per heavy atom. The minimum absolute atomic E-state index is 0.0313. The van der Waals surface area contributed by atoms with Crippen molar-refractivity contribution in [2.45, 2.75) is 26.8 Å². The third-order valence-corrected chi connectivity index (χ3v) is 4.15. The highest BCUT2D eigenvalue weighted by molar-refractivity contribution is 5.90. The van der Waals surface area contributed by atoms with Gasteiger partial charge in [0.25, 0.3) is 11.1 Å². The van der Waals surface area contributed by atoms with E-state index in [-0.39, 0.29) is 22.4 Å². The fraction of sp³-hybridized carbons (Fsp3) is 0.278. The van der Waals surface area contributed by atoms with Gasteiger partial charge in [-0.05, 0) is 31.0 Å².